The molecule has 0 bridgehead atoms. The van der Waals surface area contributed by atoms with Crippen LogP contribution in [0.25, 0.3) is 22.3 Å². The van der Waals surface area contributed by atoms with Crippen molar-refractivity contribution >= 4 is 28.5 Å². The monoisotopic (exact) mass is 521 g/mol. The van der Waals surface area contributed by atoms with E-state index in [0.29, 0.717) is 22.7 Å². The van der Waals surface area contributed by atoms with Gasteiger partial charge in [0.15, 0.2) is 5.60 Å². The summed E-state index contributed by atoms with van der Waals surface area (Å²) in [6.45, 7) is 9.25. The predicted molar refractivity (Wildman–Crippen MR) is 143 cm³/mol. The molecule has 37 heavy (non-hydrogen) atoms. The summed E-state index contributed by atoms with van der Waals surface area (Å²) in [7, 11) is 0. The highest BCUT2D eigenvalue weighted by Crippen LogP contribution is 2.39. The Morgan fingerprint density at radius 3 is 2.68 bits per heavy atom. The topological polar surface area (TPSA) is 84.7 Å². The first-order valence-corrected chi connectivity index (χ1v) is 13.6. The fourth-order valence-corrected chi connectivity index (χ4v) is 6.15. The molecule has 0 spiro atoms. The zero-order valence-electron chi connectivity index (χ0n) is 21.6. The lowest BCUT2D eigenvalue weighted by Gasteiger charge is -2.31. The van der Waals surface area contributed by atoms with E-state index < -0.39 is 11.6 Å². The number of rotatable bonds is 3. The number of esters is 1. The second-order valence-corrected chi connectivity index (χ2v) is 11.5. The van der Waals surface area contributed by atoms with E-state index in [1.807, 2.05) is 19.1 Å². The number of carbonyl (C=O) groups is 1. The van der Waals surface area contributed by atoms with Crippen LogP contribution in [0.4, 0.5) is 0 Å². The zero-order valence-corrected chi connectivity index (χ0v) is 22.3. The fraction of sp³-hybridized carbons (Fsp3) is 0.483. The molecule has 1 fully saturated rings. The van der Waals surface area contributed by atoms with Gasteiger partial charge >= 0.3 is 5.97 Å². The molecule has 0 aliphatic carbocycles. The third kappa shape index (κ3) is 3.99. The molecular formula is C29H32ClN3O4. The SMILES string of the molecule is CC[C@@]1(O)Cc2cc3n(c(=O)c2COC1=O)Cc1c-3nc2cc(Cl)c(C)cc2c1CN1CCC(C)CC1. The van der Waals surface area contributed by atoms with Gasteiger partial charge in [-0.25, -0.2) is 9.78 Å². The number of fused-ring (bicyclic) bond motifs is 5. The lowest BCUT2D eigenvalue weighted by Crippen LogP contribution is -2.40. The van der Waals surface area contributed by atoms with E-state index in [4.69, 9.17) is 21.3 Å². The number of cyclic esters (lactones) is 1. The molecule has 1 aromatic carbocycles. The van der Waals surface area contributed by atoms with Gasteiger partial charge in [0.25, 0.3) is 5.56 Å². The molecule has 7 nitrogen and oxygen atoms in total. The van der Waals surface area contributed by atoms with Gasteiger partial charge in [-0.3, -0.25) is 9.69 Å². The molecule has 0 amide bonds. The number of aryl methyl sites for hydroxylation is 1. The molecule has 2 aromatic heterocycles. The summed E-state index contributed by atoms with van der Waals surface area (Å²) >= 11 is 6.52. The Bertz CT molecular complexity index is 1510. The summed E-state index contributed by atoms with van der Waals surface area (Å²) in [6, 6.07) is 5.96. The van der Waals surface area contributed by atoms with Crippen LogP contribution in [-0.2, 0) is 35.6 Å². The average molecular weight is 522 g/mol. The molecule has 194 valence electrons. The van der Waals surface area contributed by atoms with E-state index in [1.54, 1.807) is 11.5 Å². The van der Waals surface area contributed by atoms with Crippen molar-refractivity contribution in [3.8, 4) is 11.4 Å². The number of aromatic nitrogens is 2. The number of aliphatic hydroxyl groups is 1. The molecule has 1 N–H and O–H groups in total. The van der Waals surface area contributed by atoms with Crippen molar-refractivity contribution in [2.24, 2.45) is 5.92 Å². The molecule has 1 saturated heterocycles. The van der Waals surface area contributed by atoms with Crippen molar-refractivity contribution < 1.29 is 14.6 Å². The Morgan fingerprint density at radius 2 is 1.95 bits per heavy atom. The van der Waals surface area contributed by atoms with Gasteiger partial charge in [0, 0.05) is 28.9 Å². The number of piperidine rings is 1. The number of benzene rings is 1. The highest BCUT2D eigenvalue weighted by molar-refractivity contribution is 6.32. The van der Waals surface area contributed by atoms with Gasteiger partial charge in [-0.05, 0) is 80.1 Å². The van der Waals surface area contributed by atoms with Crippen molar-refractivity contribution in [1.29, 1.82) is 0 Å². The Balaban J connectivity index is 1.53. The summed E-state index contributed by atoms with van der Waals surface area (Å²) in [5, 5.41) is 12.7. The van der Waals surface area contributed by atoms with Gasteiger partial charge in [-0.1, -0.05) is 25.4 Å². The van der Waals surface area contributed by atoms with Gasteiger partial charge in [-0.2, -0.15) is 0 Å². The third-order valence-electron chi connectivity index (χ3n) is 8.59. The highest BCUT2D eigenvalue weighted by atomic mass is 35.5. The van der Waals surface area contributed by atoms with Crippen molar-refractivity contribution in [3.05, 3.63) is 61.4 Å². The maximum atomic E-state index is 13.7. The van der Waals surface area contributed by atoms with E-state index in [2.05, 4.69) is 17.9 Å². The number of nitrogens with zero attached hydrogens (tertiary/aromatic N) is 3. The molecule has 3 aliphatic rings. The lowest BCUT2D eigenvalue weighted by molar-refractivity contribution is -0.166. The van der Waals surface area contributed by atoms with Crippen LogP contribution in [0.1, 0.15) is 60.9 Å². The van der Waals surface area contributed by atoms with Crippen molar-refractivity contribution in [3.63, 3.8) is 0 Å². The summed E-state index contributed by atoms with van der Waals surface area (Å²) in [5.74, 6) is 0.0646. The van der Waals surface area contributed by atoms with E-state index in [9.17, 15) is 14.7 Å². The first-order valence-electron chi connectivity index (χ1n) is 13.2. The summed E-state index contributed by atoms with van der Waals surface area (Å²) in [6.07, 6.45) is 2.62. The van der Waals surface area contributed by atoms with Crippen LogP contribution in [0.2, 0.25) is 5.02 Å². The number of hydrogen-bond donors (Lipinski definition) is 1. The largest absolute Gasteiger partial charge is 0.458 e. The maximum Gasteiger partial charge on any atom is 0.338 e. The highest BCUT2D eigenvalue weighted by Gasteiger charge is 2.41. The van der Waals surface area contributed by atoms with Crippen LogP contribution >= 0.6 is 11.6 Å². The van der Waals surface area contributed by atoms with Crippen LogP contribution in [0.3, 0.4) is 0 Å². The molecule has 5 heterocycles. The number of hydrogen-bond acceptors (Lipinski definition) is 6. The molecule has 8 heteroatoms. The number of pyridine rings is 2. The van der Waals surface area contributed by atoms with Crippen LogP contribution < -0.4 is 5.56 Å². The van der Waals surface area contributed by atoms with Crippen LogP contribution in [-0.4, -0.2) is 44.2 Å². The standard InChI is InChI=1S/C29H32ClN3O4/c1-4-29(36)12-18-10-25-26-21(14-33(25)27(34)22(18)15-37-28(29)35)20(13-32-7-5-16(2)6-8-32)19-9-17(3)23(30)11-24(19)31-26/h9-11,16,36H,4-8,12-15H2,1-3H3/t29-/m1/s1. The van der Waals surface area contributed by atoms with Crippen LogP contribution in [0.5, 0.6) is 0 Å². The summed E-state index contributed by atoms with van der Waals surface area (Å²) in [5.41, 5.74) is 4.84. The minimum Gasteiger partial charge on any atom is -0.458 e. The molecule has 0 unspecified atom stereocenters. The molecule has 6 rings (SSSR count). The minimum absolute atomic E-state index is 0.0491. The molecular weight excluding hydrogens is 490 g/mol. The first kappa shape index (κ1) is 24.6. The Morgan fingerprint density at radius 1 is 1.19 bits per heavy atom. The van der Waals surface area contributed by atoms with Gasteiger partial charge in [0.05, 0.1) is 29.0 Å². The Labute approximate surface area is 221 Å². The molecule has 3 aromatic rings. The van der Waals surface area contributed by atoms with Gasteiger partial charge in [0.1, 0.15) is 6.61 Å². The Kier molecular flexibility index (Phi) is 5.93. The van der Waals surface area contributed by atoms with Crippen molar-refractivity contribution in [2.45, 2.75) is 71.8 Å². The van der Waals surface area contributed by atoms with E-state index >= 15 is 0 Å². The van der Waals surface area contributed by atoms with Gasteiger partial charge < -0.3 is 14.4 Å². The number of carbonyl (C=O) groups excluding carboxylic acids is 1. The summed E-state index contributed by atoms with van der Waals surface area (Å²) in [4.78, 5) is 33.7. The van der Waals surface area contributed by atoms with Gasteiger partial charge in [0.2, 0.25) is 0 Å². The predicted octanol–water partition coefficient (Wildman–Crippen LogP) is 4.36. The number of likely N-dealkylation sites (tertiary alicyclic amines) is 1. The second-order valence-electron chi connectivity index (χ2n) is 11.1. The number of halogens is 1. The average Bonchev–Trinajstić information content (AvgIpc) is 3.17. The maximum absolute atomic E-state index is 13.7. The van der Waals surface area contributed by atoms with E-state index in [-0.39, 0.29) is 25.0 Å². The van der Waals surface area contributed by atoms with E-state index in [0.717, 1.165) is 59.0 Å². The first-order chi connectivity index (χ1) is 17.7. The summed E-state index contributed by atoms with van der Waals surface area (Å²) < 4.78 is 7.08. The van der Waals surface area contributed by atoms with Crippen LogP contribution in [0.15, 0.2) is 23.0 Å². The molecule has 1 atom stereocenters. The van der Waals surface area contributed by atoms with Gasteiger partial charge in [-0.15, -0.1) is 0 Å². The Hall–Kier alpha value is -2.74. The zero-order chi connectivity index (χ0) is 26.1. The molecule has 0 saturated carbocycles. The fourth-order valence-electron chi connectivity index (χ4n) is 6.00. The van der Waals surface area contributed by atoms with E-state index in [1.165, 1.54) is 18.4 Å². The van der Waals surface area contributed by atoms with Crippen molar-refractivity contribution in [1.82, 2.24) is 14.5 Å². The van der Waals surface area contributed by atoms with Crippen molar-refractivity contribution in [2.75, 3.05) is 13.1 Å². The molecule has 3 aliphatic heterocycles. The normalized spacial score (nSPS) is 21.9. The third-order valence-corrected chi connectivity index (χ3v) is 9.00. The lowest BCUT2D eigenvalue weighted by atomic mass is 9.90. The van der Waals surface area contributed by atoms with Crippen LogP contribution in [0, 0.1) is 12.8 Å². The smallest absolute Gasteiger partial charge is 0.338 e. The molecule has 0 radical (unpaired) electrons. The minimum atomic E-state index is -1.64. The quantitative estimate of drug-likeness (QED) is 0.403. The second kappa shape index (κ2) is 8.93. The number of ether oxygens (including phenoxy) is 1.